The van der Waals surface area contributed by atoms with Crippen molar-refractivity contribution in [2.45, 2.75) is 37.1 Å². The Morgan fingerprint density at radius 1 is 0.917 bits per heavy atom. The maximum atomic E-state index is 11.7. The van der Waals surface area contributed by atoms with Gasteiger partial charge in [-0.1, -0.05) is 30.3 Å². The van der Waals surface area contributed by atoms with E-state index in [1.165, 1.54) is 0 Å². The topological polar surface area (TPSA) is 157 Å². The summed E-state index contributed by atoms with van der Waals surface area (Å²) < 4.78 is 9.54. The minimum absolute atomic E-state index is 0.125. The molecule has 5 atom stereocenters. The lowest BCUT2D eigenvalue weighted by atomic mass is 9.99. The highest BCUT2D eigenvalue weighted by Crippen LogP contribution is 2.14. The molecule has 0 spiro atoms. The van der Waals surface area contributed by atoms with Gasteiger partial charge in [0, 0.05) is 0 Å². The van der Waals surface area contributed by atoms with E-state index in [2.05, 4.69) is 0 Å². The van der Waals surface area contributed by atoms with E-state index in [0.717, 1.165) is 0 Å². The van der Waals surface area contributed by atoms with Gasteiger partial charge in [0.1, 0.15) is 31.0 Å². The second kappa shape index (κ2) is 10.2. The van der Waals surface area contributed by atoms with Crippen LogP contribution in [0, 0.1) is 0 Å². The SMILES string of the molecule is O=C(OCc1ccccc1)OC(C(O)CO)C(O)C(O)C(O)CO. The fourth-order valence-electron chi connectivity index (χ4n) is 1.87. The number of carbonyl (C=O) groups is 1. The highest BCUT2D eigenvalue weighted by Gasteiger charge is 2.38. The molecule has 0 heterocycles. The van der Waals surface area contributed by atoms with Gasteiger partial charge in [-0.2, -0.15) is 0 Å². The molecule has 0 saturated carbocycles. The summed E-state index contributed by atoms with van der Waals surface area (Å²) in [6.07, 6.45) is -10.3. The van der Waals surface area contributed by atoms with Crippen molar-refractivity contribution in [3.05, 3.63) is 35.9 Å². The molecule has 9 nitrogen and oxygen atoms in total. The smallest absolute Gasteiger partial charge is 0.429 e. The Labute approximate surface area is 138 Å². The van der Waals surface area contributed by atoms with Gasteiger partial charge in [0.05, 0.1) is 13.2 Å². The molecule has 0 aromatic heterocycles. The van der Waals surface area contributed by atoms with Crippen molar-refractivity contribution in [3.8, 4) is 0 Å². The average molecular weight is 346 g/mol. The molecule has 0 aliphatic carbocycles. The molecule has 24 heavy (non-hydrogen) atoms. The standard InChI is InChI=1S/C15H22O9/c16-6-10(18)12(20)13(21)14(11(19)7-17)24-15(22)23-8-9-4-2-1-3-5-9/h1-5,10-14,16-21H,6-8H2. The van der Waals surface area contributed by atoms with Gasteiger partial charge >= 0.3 is 6.16 Å². The molecule has 0 fully saturated rings. The summed E-state index contributed by atoms with van der Waals surface area (Å²) in [5.41, 5.74) is 0.671. The predicted molar refractivity (Wildman–Crippen MR) is 79.7 cm³/mol. The van der Waals surface area contributed by atoms with Gasteiger partial charge < -0.3 is 40.1 Å². The van der Waals surface area contributed by atoms with Crippen LogP contribution in [0.15, 0.2) is 30.3 Å². The summed E-state index contributed by atoms with van der Waals surface area (Å²) in [5, 5.41) is 56.2. The minimum atomic E-state index is -1.96. The van der Waals surface area contributed by atoms with Crippen LogP contribution in [-0.4, -0.2) is 80.5 Å². The number of rotatable bonds is 9. The molecule has 1 aromatic carbocycles. The zero-order chi connectivity index (χ0) is 18.1. The highest BCUT2D eigenvalue weighted by molar-refractivity contribution is 5.60. The molecule has 9 heteroatoms. The number of ether oxygens (including phenoxy) is 2. The second-order valence-electron chi connectivity index (χ2n) is 5.09. The van der Waals surface area contributed by atoms with Crippen molar-refractivity contribution in [1.29, 1.82) is 0 Å². The Morgan fingerprint density at radius 3 is 2.04 bits per heavy atom. The fraction of sp³-hybridized carbons (Fsp3) is 0.533. The third-order valence-electron chi connectivity index (χ3n) is 3.27. The van der Waals surface area contributed by atoms with Crippen LogP contribution in [0.1, 0.15) is 5.56 Å². The molecule has 0 saturated heterocycles. The maximum absolute atomic E-state index is 11.7. The van der Waals surface area contributed by atoms with Gasteiger partial charge in [-0.3, -0.25) is 0 Å². The molecule has 136 valence electrons. The van der Waals surface area contributed by atoms with Crippen molar-refractivity contribution in [2.24, 2.45) is 0 Å². The van der Waals surface area contributed by atoms with Gasteiger partial charge in [-0.15, -0.1) is 0 Å². The summed E-state index contributed by atoms with van der Waals surface area (Å²) in [4.78, 5) is 11.7. The lowest BCUT2D eigenvalue weighted by Crippen LogP contribution is -2.52. The first-order chi connectivity index (χ1) is 11.4. The Kier molecular flexibility index (Phi) is 8.61. The molecule has 0 aliphatic rings. The second-order valence-corrected chi connectivity index (χ2v) is 5.09. The van der Waals surface area contributed by atoms with Gasteiger partial charge in [0.2, 0.25) is 0 Å². The zero-order valence-corrected chi connectivity index (χ0v) is 12.8. The Balaban J connectivity index is 2.66. The van der Waals surface area contributed by atoms with Crippen molar-refractivity contribution >= 4 is 6.16 Å². The van der Waals surface area contributed by atoms with Crippen LogP contribution < -0.4 is 0 Å². The van der Waals surface area contributed by atoms with E-state index >= 15 is 0 Å². The Hall–Kier alpha value is -1.75. The van der Waals surface area contributed by atoms with Crippen LogP contribution in [0.2, 0.25) is 0 Å². The first kappa shape index (κ1) is 20.3. The number of carbonyl (C=O) groups excluding carboxylic acids is 1. The largest absolute Gasteiger partial charge is 0.509 e. The van der Waals surface area contributed by atoms with Crippen molar-refractivity contribution < 1.29 is 44.9 Å². The lowest BCUT2D eigenvalue weighted by molar-refractivity contribution is -0.154. The van der Waals surface area contributed by atoms with E-state index in [1.54, 1.807) is 30.3 Å². The number of hydrogen-bond donors (Lipinski definition) is 6. The van der Waals surface area contributed by atoms with Crippen LogP contribution in [0.25, 0.3) is 0 Å². The maximum Gasteiger partial charge on any atom is 0.509 e. The summed E-state index contributed by atoms with van der Waals surface area (Å²) in [6, 6.07) is 8.64. The van der Waals surface area contributed by atoms with Crippen molar-refractivity contribution in [1.82, 2.24) is 0 Å². The normalized spacial score (nSPS) is 17.4. The number of aliphatic hydroxyl groups is 6. The molecular formula is C15H22O9. The third kappa shape index (κ3) is 6.04. The molecule has 0 radical (unpaired) electrons. The average Bonchev–Trinajstić information content (AvgIpc) is 2.62. The lowest BCUT2D eigenvalue weighted by Gasteiger charge is -2.30. The van der Waals surface area contributed by atoms with Crippen molar-refractivity contribution in [2.75, 3.05) is 13.2 Å². The van der Waals surface area contributed by atoms with E-state index < -0.39 is 49.9 Å². The first-order valence-electron chi connectivity index (χ1n) is 7.22. The monoisotopic (exact) mass is 346 g/mol. The predicted octanol–water partition coefficient (Wildman–Crippen LogP) is -1.86. The minimum Gasteiger partial charge on any atom is -0.429 e. The van der Waals surface area contributed by atoms with Crippen LogP contribution in [0.4, 0.5) is 4.79 Å². The van der Waals surface area contributed by atoms with E-state index in [0.29, 0.717) is 5.56 Å². The summed E-state index contributed by atoms with van der Waals surface area (Å²) in [5.74, 6) is 0. The summed E-state index contributed by atoms with van der Waals surface area (Å²) >= 11 is 0. The molecule has 0 amide bonds. The third-order valence-corrected chi connectivity index (χ3v) is 3.27. The molecule has 6 N–H and O–H groups in total. The Morgan fingerprint density at radius 2 is 1.50 bits per heavy atom. The van der Waals surface area contributed by atoms with Crippen LogP contribution in [0.3, 0.4) is 0 Å². The van der Waals surface area contributed by atoms with Crippen LogP contribution >= 0.6 is 0 Å². The van der Waals surface area contributed by atoms with E-state index in [-0.39, 0.29) is 6.61 Å². The highest BCUT2D eigenvalue weighted by atomic mass is 16.7. The molecule has 1 aromatic rings. The van der Waals surface area contributed by atoms with Gasteiger partial charge in [0.25, 0.3) is 0 Å². The number of aliphatic hydroxyl groups excluding tert-OH is 6. The van der Waals surface area contributed by atoms with E-state index in [1.807, 2.05) is 0 Å². The van der Waals surface area contributed by atoms with E-state index in [9.17, 15) is 25.2 Å². The fourth-order valence-corrected chi connectivity index (χ4v) is 1.87. The van der Waals surface area contributed by atoms with Gasteiger partial charge in [0.15, 0.2) is 6.10 Å². The number of hydrogen-bond acceptors (Lipinski definition) is 9. The van der Waals surface area contributed by atoms with Crippen LogP contribution in [0.5, 0.6) is 0 Å². The van der Waals surface area contributed by atoms with Crippen LogP contribution in [-0.2, 0) is 16.1 Å². The Bertz CT molecular complexity index is 481. The van der Waals surface area contributed by atoms with Gasteiger partial charge in [-0.05, 0) is 5.56 Å². The number of benzene rings is 1. The summed E-state index contributed by atoms with van der Waals surface area (Å²) in [6.45, 7) is -1.87. The van der Waals surface area contributed by atoms with Crippen molar-refractivity contribution in [3.63, 3.8) is 0 Å². The van der Waals surface area contributed by atoms with Gasteiger partial charge in [-0.25, -0.2) is 4.79 Å². The molecule has 1 rings (SSSR count). The summed E-state index contributed by atoms with van der Waals surface area (Å²) in [7, 11) is 0. The molecule has 5 unspecified atom stereocenters. The molecule has 0 bridgehead atoms. The first-order valence-corrected chi connectivity index (χ1v) is 7.22. The van der Waals surface area contributed by atoms with E-state index in [4.69, 9.17) is 19.7 Å². The molecular weight excluding hydrogens is 324 g/mol. The zero-order valence-electron chi connectivity index (χ0n) is 12.8. The quantitative estimate of drug-likeness (QED) is 0.282. The molecule has 0 aliphatic heterocycles.